The lowest BCUT2D eigenvalue weighted by Gasteiger charge is -2.21. The van der Waals surface area contributed by atoms with Gasteiger partial charge in [-0.25, -0.2) is 19.1 Å². The van der Waals surface area contributed by atoms with Crippen molar-refractivity contribution in [2.24, 2.45) is 5.73 Å². The van der Waals surface area contributed by atoms with Gasteiger partial charge in [0, 0.05) is 55.6 Å². The molecule has 0 unspecified atom stereocenters. The third-order valence-corrected chi connectivity index (χ3v) is 7.89. The van der Waals surface area contributed by atoms with E-state index in [1.165, 1.54) is 0 Å². The third kappa shape index (κ3) is 13.7. The highest BCUT2D eigenvalue weighted by molar-refractivity contribution is 7.99. The van der Waals surface area contributed by atoms with Crippen LogP contribution in [0.1, 0.15) is 19.3 Å². The van der Waals surface area contributed by atoms with Crippen LogP contribution in [0.25, 0.3) is 0 Å². The number of halogens is 1. The highest BCUT2D eigenvalue weighted by Gasteiger charge is 2.27. The predicted molar refractivity (Wildman–Crippen MR) is 187 cm³/mol. The molecule has 0 saturated carbocycles. The van der Waals surface area contributed by atoms with Gasteiger partial charge in [-0.1, -0.05) is 6.07 Å². The molecular formula is C32H39FN8O9S. The first-order valence-corrected chi connectivity index (χ1v) is 16.6. The van der Waals surface area contributed by atoms with Crippen molar-refractivity contribution in [3.8, 4) is 5.75 Å². The summed E-state index contributed by atoms with van der Waals surface area (Å²) in [6.07, 6.45) is -0.997. The molecule has 8 N–H and O–H groups in total. The number of carbonyl (C=O) groups excluding carboxylic acids is 3. The van der Waals surface area contributed by atoms with Gasteiger partial charge in [-0.05, 0) is 48.9 Å². The first kappa shape index (κ1) is 39.9. The van der Waals surface area contributed by atoms with Crippen LogP contribution in [-0.4, -0.2) is 106 Å². The van der Waals surface area contributed by atoms with E-state index < -0.39 is 41.8 Å². The Hall–Kier alpha value is -5.53. The normalized spacial score (nSPS) is 11.8. The Morgan fingerprint density at radius 3 is 2.39 bits per heavy atom. The van der Waals surface area contributed by atoms with Crippen LogP contribution in [0.4, 0.5) is 38.0 Å². The Morgan fingerprint density at radius 1 is 0.980 bits per heavy atom. The number of rotatable bonds is 20. The molecule has 0 aliphatic heterocycles. The number of nitrogens with zero attached hydrogens (tertiary/aromatic N) is 3. The molecule has 0 radical (unpaired) electrons. The number of carbonyl (C=O) groups is 5. The maximum Gasteiger partial charge on any atom is 0.413 e. The van der Waals surface area contributed by atoms with Crippen LogP contribution < -0.4 is 31.7 Å². The second-order valence-electron chi connectivity index (χ2n) is 10.7. The van der Waals surface area contributed by atoms with Crippen LogP contribution in [0, 0.1) is 5.82 Å². The van der Waals surface area contributed by atoms with Crippen LogP contribution in [0.5, 0.6) is 5.75 Å². The fraction of sp³-hybridized carbons (Fsp3) is 0.344. The van der Waals surface area contributed by atoms with Crippen molar-refractivity contribution in [1.82, 2.24) is 20.2 Å². The maximum atomic E-state index is 14.6. The zero-order chi connectivity index (χ0) is 37.3. The lowest BCUT2D eigenvalue weighted by molar-refractivity contribution is -0.139. The number of aromatic nitrogens is 2. The number of likely N-dealkylation sites (N-methyl/N-ethyl adjacent to an activating group) is 1. The van der Waals surface area contributed by atoms with Crippen LogP contribution in [0.3, 0.4) is 0 Å². The minimum absolute atomic E-state index is 0.00472. The quantitative estimate of drug-likeness (QED) is 0.0826. The highest BCUT2D eigenvalue weighted by atomic mass is 32.2. The minimum Gasteiger partial charge on any atom is -0.491 e. The van der Waals surface area contributed by atoms with E-state index in [2.05, 4.69) is 31.2 Å². The summed E-state index contributed by atoms with van der Waals surface area (Å²) in [5.41, 5.74) is 6.88. The SMILES string of the molecule is COCCOc1ccc(Nc2ncc(F)c(Nc3cccc(NC(=O)CCSC[C@H](NC(=O)CC[C@H](N)C(=O)O)C(=O)N(C)C(=O)O)c3)n2)cc1. The second kappa shape index (κ2) is 20.2. The largest absolute Gasteiger partial charge is 0.491 e. The van der Waals surface area contributed by atoms with E-state index >= 15 is 0 Å². The maximum absolute atomic E-state index is 14.6. The Bertz CT molecular complexity index is 1670. The van der Waals surface area contributed by atoms with Crippen LogP contribution in [0.15, 0.2) is 54.7 Å². The summed E-state index contributed by atoms with van der Waals surface area (Å²) in [5, 5.41) is 29.1. The highest BCUT2D eigenvalue weighted by Crippen LogP contribution is 2.24. The summed E-state index contributed by atoms with van der Waals surface area (Å²) in [6, 6.07) is 11.0. The number of anilines is 5. The molecule has 0 spiro atoms. The Labute approximate surface area is 296 Å². The van der Waals surface area contributed by atoms with Crippen molar-refractivity contribution < 1.29 is 48.0 Å². The number of nitrogens with one attached hydrogen (secondary N) is 4. The lowest BCUT2D eigenvalue weighted by Crippen LogP contribution is -2.50. The van der Waals surface area contributed by atoms with Gasteiger partial charge in [0.15, 0.2) is 11.6 Å². The summed E-state index contributed by atoms with van der Waals surface area (Å²) >= 11 is 1.12. The average Bonchev–Trinajstić information content (AvgIpc) is 3.10. The van der Waals surface area contributed by atoms with E-state index in [4.69, 9.17) is 20.3 Å². The summed E-state index contributed by atoms with van der Waals surface area (Å²) < 4.78 is 25.1. The van der Waals surface area contributed by atoms with Crippen molar-refractivity contribution in [3.05, 3.63) is 60.5 Å². The smallest absolute Gasteiger partial charge is 0.413 e. The molecule has 1 aromatic heterocycles. The van der Waals surface area contributed by atoms with Gasteiger partial charge in [0.2, 0.25) is 17.8 Å². The lowest BCUT2D eigenvalue weighted by atomic mass is 10.1. The average molecular weight is 731 g/mol. The van der Waals surface area contributed by atoms with Crippen molar-refractivity contribution in [3.63, 3.8) is 0 Å². The first-order chi connectivity index (χ1) is 24.4. The van der Waals surface area contributed by atoms with E-state index in [0.29, 0.717) is 40.9 Å². The topological polar surface area (TPSA) is 247 Å². The molecule has 274 valence electrons. The number of hydrogen-bond donors (Lipinski definition) is 7. The molecule has 2 aromatic carbocycles. The van der Waals surface area contributed by atoms with Crippen molar-refractivity contribution in [1.29, 1.82) is 0 Å². The van der Waals surface area contributed by atoms with E-state index in [0.717, 1.165) is 25.0 Å². The number of thioether (sulfide) groups is 1. The van der Waals surface area contributed by atoms with E-state index in [1.807, 2.05) is 0 Å². The Balaban J connectivity index is 1.53. The molecule has 3 aromatic rings. The van der Waals surface area contributed by atoms with Gasteiger partial charge in [-0.2, -0.15) is 16.7 Å². The molecule has 0 aliphatic carbocycles. The number of ether oxygens (including phenoxy) is 2. The summed E-state index contributed by atoms with van der Waals surface area (Å²) in [5.74, 6) is -3.14. The Kier molecular flexibility index (Phi) is 15.8. The molecule has 0 saturated heterocycles. The molecule has 2 atom stereocenters. The molecule has 1 heterocycles. The molecular weight excluding hydrogens is 691 g/mol. The summed E-state index contributed by atoms with van der Waals surface area (Å²) in [6.45, 7) is 0.860. The fourth-order valence-corrected chi connectivity index (χ4v) is 5.06. The van der Waals surface area contributed by atoms with Gasteiger partial charge in [-0.3, -0.25) is 19.2 Å². The second-order valence-corrected chi connectivity index (χ2v) is 11.9. The number of carboxylic acids is 1. The number of imide groups is 1. The van der Waals surface area contributed by atoms with Gasteiger partial charge in [0.25, 0.3) is 5.91 Å². The number of nitrogens with two attached hydrogens (primary N) is 1. The summed E-state index contributed by atoms with van der Waals surface area (Å²) in [4.78, 5) is 68.5. The molecule has 0 fully saturated rings. The molecule has 0 bridgehead atoms. The standard InChI is InChI=1S/C32H39FN8O9S/c1-41(32(47)48)29(44)25(39-26(42)11-10-24(34)30(45)46)18-51-15-12-27(43)36-20-4-3-5-21(16-20)37-28-23(33)17-35-31(40-28)38-19-6-8-22(9-7-19)50-14-13-49-2/h3-9,16-17,24-25H,10-15,18,34H2,1-2H3,(H,36,43)(H,39,42)(H,45,46)(H,47,48)(H2,35,37,38,40)/t24-,25-/m0/s1. The predicted octanol–water partition coefficient (Wildman–Crippen LogP) is 3.00. The summed E-state index contributed by atoms with van der Waals surface area (Å²) in [7, 11) is 2.61. The Morgan fingerprint density at radius 2 is 1.71 bits per heavy atom. The van der Waals surface area contributed by atoms with Gasteiger partial charge >= 0.3 is 12.1 Å². The van der Waals surface area contributed by atoms with Gasteiger partial charge in [-0.15, -0.1) is 0 Å². The van der Waals surface area contributed by atoms with E-state index in [1.54, 1.807) is 55.6 Å². The number of carboxylic acid groups (broad SMARTS) is 2. The number of methoxy groups -OCH3 is 1. The molecule has 4 amide bonds. The molecule has 0 aliphatic rings. The minimum atomic E-state index is -1.53. The third-order valence-electron chi connectivity index (χ3n) is 6.83. The van der Waals surface area contributed by atoms with Crippen molar-refractivity contribution >= 4 is 70.4 Å². The van der Waals surface area contributed by atoms with E-state index in [-0.39, 0.29) is 48.4 Å². The van der Waals surface area contributed by atoms with Crippen molar-refractivity contribution in [2.45, 2.75) is 31.3 Å². The van der Waals surface area contributed by atoms with Crippen LogP contribution >= 0.6 is 11.8 Å². The zero-order valence-corrected chi connectivity index (χ0v) is 28.6. The fourth-order valence-electron chi connectivity index (χ4n) is 4.10. The number of hydrogen-bond acceptors (Lipinski definition) is 13. The van der Waals surface area contributed by atoms with Gasteiger partial charge < -0.3 is 46.7 Å². The first-order valence-electron chi connectivity index (χ1n) is 15.4. The molecule has 17 nitrogen and oxygen atoms in total. The van der Waals surface area contributed by atoms with Gasteiger partial charge in [0.1, 0.15) is 24.4 Å². The molecule has 3 rings (SSSR count). The zero-order valence-electron chi connectivity index (χ0n) is 27.8. The number of aliphatic carboxylic acids is 1. The monoisotopic (exact) mass is 730 g/mol. The molecule has 19 heteroatoms. The number of amides is 4. The van der Waals surface area contributed by atoms with E-state index in [9.17, 15) is 33.5 Å². The van der Waals surface area contributed by atoms with Gasteiger partial charge in [0.05, 0.1) is 12.8 Å². The van der Waals surface area contributed by atoms with Crippen LogP contribution in [0.2, 0.25) is 0 Å². The van der Waals surface area contributed by atoms with Crippen molar-refractivity contribution in [2.75, 3.05) is 54.8 Å². The van der Waals surface area contributed by atoms with Crippen LogP contribution in [-0.2, 0) is 23.9 Å². The molecule has 51 heavy (non-hydrogen) atoms. The number of benzene rings is 2.